The zero-order valence-corrected chi connectivity index (χ0v) is 13.7. The number of nitrogens with one attached hydrogen (secondary N) is 2. The van der Waals surface area contributed by atoms with E-state index in [-0.39, 0.29) is 6.03 Å². The lowest BCUT2D eigenvalue weighted by atomic mass is 10.1. The van der Waals surface area contributed by atoms with Crippen LogP contribution in [0.25, 0.3) is 11.3 Å². The van der Waals surface area contributed by atoms with Crippen LogP contribution < -0.4 is 10.6 Å². The molecule has 2 amide bonds. The number of carbonyl (C=O) groups is 1. The summed E-state index contributed by atoms with van der Waals surface area (Å²) in [6.45, 7) is 0.383. The van der Waals surface area contributed by atoms with Gasteiger partial charge < -0.3 is 9.73 Å². The second-order valence-electron chi connectivity index (χ2n) is 5.72. The Morgan fingerprint density at radius 1 is 1.38 bits per heavy atom. The van der Waals surface area contributed by atoms with E-state index in [0.717, 1.165) is 22.6 Å². The van der Waals surface area contributed by atoms with Gasteiger partial charge in [-0.05, 0) is 36.6 Å². The van der Waals surface area contributed by atoms with Crippen LogP contribution in [0.2, 0.25) is 0 Å². The summed E-state index contributed by atoms with van der Waals surface area (Å²) in [6, 6.07) is 5.38. The topological polar surface area (TPSA) is 80.0 Å². The van der Waals surface area contributed by atoms with Crippen molar-refractivity contribution in [1.29, 1.82) is 0 Å². The van der Waals surface area contributed by atoms with Crippen molar-refractivity contribution in [3.05, 3.63) is 53.5 Å². The van der Waals surface area contributed by atoms with Gasteiger partial charge in [-0.1, -0.05) is 0 Å². The van der Waals surface area contributed by atoms with Crippen molar-refractivity contribution >= 4 is 22.5 Å². The largest absolute Gasteiger partial charge is 0.464 e. The first kappa shape index (κ1) is 14.9. The van der Waals surface area contributed by atoms with E-state index in [0.29, 0.717) is 17.6 Å². The number of rotatable bonds is 5. The maximum atomic E-state index is 12.0. The highest BCUT2D eigenvalue weighted by molar-refractivity contribution is 7.13. The molecule has 0 bridgehead atoms. The zero-order chi connectivity index (χ0) is 16.4. The molecule has 7 heteroatoms. The minimum atomic E-state index is -0.268. The standard InChI is InChI=1S/C17H16N4O2S/c22-16(21-17-20-14(10-24-17)12-3-4-12)19-8-11-6-13(9-18-7-11)15-2-1-5-23-15/h1-2,5-7,9-10,12H,3-4,8H2,(H2,19,20,21,22). The molecule has 3 aromatic rings. The fourth-order valence-corrected chi connectivity index (χ4v) is 3.18. The number of urea groups is 1. The summed E-state index contributed by atoms with van der Waals surface area (Å²) in [5.41, 5.74) is 2.87. The second-order valence-corrected chi connectivity index (χ2v) is 6.58. The Morgan fingerprint density at radius 3 is 3.08 bits per heavy atom. The van der Waals surface area contributed by atoms with Crippen molar-refractivity contribution in [2.45, 2.75) is 25.3 Å². The number of furan rings is 1. The number of pyridine rings is 1. The van der Waals surface area contributed by atoms with Crippen LogP contribution in [-0.4, -0.2) is 16.0 Å². The van der Waals surface area contributed by atoms with Gasteiger partial charge in [0, 0.05) is 35.8 Å². The van der Waals surface area contributed by atoms with Crippen LogP contribution in [0.1, 0.15) is 30.0 Å². The molecule has 0 unspecified atom stereocenters. The number of nitrogens with zero attached hydrogens (tertiary/aromatic N) is 2. The molecule has 1 saturated carbocycles. The number of thiazole rings is 1. The summed E-state index contributed by atoms with van der Waals surface area (Å²) in [7, 11) is 0. The first-order valence-corrected chi connectivity index (χ1v) is 8.64. The molecule has 1 aliphatic carbocycles. The van der Waals surface area contributed by atoms with Crippen LogP contribution in [0.3, 0.4) is 0 Å². The Balaban J connectivity index is 1.34. The van der Waals surface area contributed by atoms with Crippen molar-refractivity contribution < 1.29 is 9.21 Å². The molecule has 0 atom stereocenters. The molecule has 2 N–H and O–H groups in total. The molecular weight excluding hydrogens is 324 g/mol. The van der Waals surface area contributed by atoms with Gasteiger partial charge in [0.05, 0.1) is 12.0 Å². The van der Waals surface area contributed by atoms with Gasteiger partial charge in [-0.3, -0.25) is 10.3 Å². The highest BCUT2D eigenvalue weighted by atomic mass is 32.1. The highest BCUT2D eigenvalue weighted by Crippen LogP contribution is 2.40. The van der Waals surface area contributed by atoms with E-state index < -0.39 is 0 Å². The molecule has 3 heterocycles. The van der Waals surface area contributed by atoms with Crippen LogP contribution in [0.4, 0.5) is 9.93 Å². The molecule has 0 radical (unpaired) electrons. The van der Waals surface area contributed by atoms with Gasteiger partial charge in [0.1, 0.15) is 5.76 Å². The van der Waals surface area contributed by atoms with E-state index in [1.54, 1.807) is 18.7 Å². The molecule has 4 rings (SSSR count). The van der Waals surface area contributed by atoms with E-state index in [2.05, 4.69) is 20.6 Å². The smallest absolute Gasteiger partial charge is 0.321 e. The van der Waals surface area contributed by atoms with Crippen molar-refractivity contribution in [1.82, 2.24) is 15.3 Å². The molecule has 122 valence electrons. The van der Waals surface area contributed by atoms with E-state index in [4.69, 9.17) is 4.42 Å². The van der Waals surface area contributed by atoms with Crippen molar-refractivity contribution in [3.63, 3.8) is 0 Å². The number of hydrogen-bond donors (Lipinski definition) is 2. The Bertz CT molecular complexity index is 840. The molecular formula is C17H16N4O2S. The molecule has 0 saturated heterocycles. The van der Waals surface area contributed by atoms with Crippen LogP contribution in [0.15, 0.2) is 46.7 Å². The summed E-state index contributed by atoms with van der Waals surface area (Å²) < 4.78 is 5.36. The lowest BCUT2D eigenvalue weighted by Crippen LogP contribution is -2.28. The molecule has 0 aliphatic heterocycles. The van der Waals surface area contributed by atoms with Gasteiger partial charge in [-0.25, -0.2) is 9.78 Å². The van der Waals surface area contributed by atoms with Crippen LogP contribution in [-0.2, 0) is 6.54 Å². The molecule has 24 heavy (non-hydrogen) atoms. The maximum absolute atomic E-state index is 12.0. The summed E-state index contributed by atoms with van der Waals surface area (Å²) in [5.74, 6) is 1.35. The fraction of sp³-hybridized carbons (Fsp3) is 0.235. The first-order valence-electron chi connectivity index (χ1n) is 7.76. The van der Waals surface area contributed by atoms with E-state index >= 15 is 0 Å². The minimum absolute atomic E-state index is 0.268. The van der Waals surface area contributed by atoms with Crippen LogP contribution in [0.5, 0.6) is 0 Å². The van der Waals surface area contributed by atoms with Crippen molar-refractivity contribution in [2.75, 3.05) is 5.32 Å². The molecule has 3 aromatic heterocycles. The van der Waals surface area contributed by atoms with Gasteiger partial charge in [-0.15, -0.1) is 11.3 Å². The molecule has 0 spiro atoms. The lowest BCUT2D eigenvalue weighted by molar-refractivity contribution is 0.251. The predicted molar refractivity (Wildman–Crippen MR) is 91.9 cm³/mol. The number of hydrogen-bond acceptors (Lipinski definition) is 5. The minimum Gasteiger partial charge on any atom is -0.464 e. The van der Waals surface area contributed by atoms with E-state index in [9.17, 15) is 4.79 Å². The Labute approximate surface area is 142 Å². The normalized spacial score (nSPS) is 13.7. The molecule has 1 aliphatic rings. The first-order chi connectivity index (χ1) is 11.8. The zero-order valence-electron chi connectivity index (χ0n) is 12.9. The predicted octanol–water partition coefficient (Wildman–Crippen LogP) is 4.00. The van der Waals surface area contributed by atoms with Gasteiger partial charge in [0.2, 0.25) is 0 Å². The Hall–Kier alpha value is -2.67. The summed E-state index contributed by atoms with van der Waals surface area (Å²) in [6.07, 6.45) is 7.49. The lowest BCUT2D eigenvalue weighted by Gasteiger charge is -2.06. The average molecular weight is 340 g/mol. The number of amides is 2. The van der Waals surface area contributed by atoms with Crippen molar-refractivity contribution in [3.8, 4) is 11.3 Å². The third kappa shape index (κ3) is 3.46. The maximum Gasteiger partial charge on any atom is 0.321 e. The number of anilines is 1. The quantitative estimate of drug-likeness (QED) is 0.736. The summed E-state index contributed by atoms with van der Waals surface area (Å²) in [4.78, 5) is 20.6. The van der Waals surface area contributed by atoms with Crippen molar-refractivity contribution in [2.24, 2.45) is 0 Å². The molecule has 1 fully saturated rings. The number of carbonyl (C=O) groups excluding carboxylic acids is 1. The fourth-order valence-electron chi connectivity index (χ4n) is 2.40. The Kier molecular flexibility index (Phi) is 4.00. The van der Waals surface area contributed by atoms with Gasteiger partial charge in [0.25, 0.3) is 0 Å². The van der Waals surface area contributed by atoms with Gasteiger partial charge in [0.15, 0.2) is 5.13 Å². The van der Waals surface area contributed by atoms with E-state index in [1.165, 1.54) is 24.2 Å². The Morgan fingerprint density at radius 2 is 2.29 bits per heavy atom. The highest BCUT2D eigenvalue weighted by Gasteiger charge is 2.26. The molecule has 0 aromatic carbocycles. The average Bonchev–Trinajstić information content (AvgIpc) is 3.11. The van der Waals surface area contributed by atoms with E-state index in [1.807, 2.05) is 23.6 Å². The SMILES string of the molecule is O=C(NCc1cncc(-c2ccco2)c1)Nc1nc(C2CC2)cs1. The summed E-state index contributed by atoms with van der Waals surface area (Å²) in [5, 5.41) is 8.25. The summed E-state index contributed by atoms with van der Waals surface area (Å²) >= 11 is 1.46. The second kappa shape index (κ2) is 6.45. The van der Waals surface area contributed by atoms with Crippen LogP contribution >= 0.6 is 11.3 Å². The monoisotopic (exact) mass is 340 g/mol. The van der Waals surface area contributed by atoms with Gasteiger partial charge in [-0.2, -0.15) is 0 Å². The number of aromatic nitrogens is 2. The third-order valence-corrected chi connectivity index (χ3v) is 4.57. The third-order valence-electron chi connectivity index (χ3n) is 3.79. The van der Waals surface area contributed by atoms with Gasteiger partial charge >= 0.3 is 6.03 Å². The van der Waals surface area contributed by atoms with Crippen LogP contribution in [0, 0.1) is 0 Å². The molecule has 6 nitrogen and oxygen atoms in total.